The van der Waals surface area contributed by atoms with Crippen LogP contribution >= 0.6 is 27.3 Å². The van der Waals surface area contributed by atoms with E-state index in [1.807, 2.05) is 12.1 Å². The van der Waals surface area contributed by atoms with E-state index in [0.717, 1.165) is 15.7 Å². The molecule has 0 N–H and O–H groups in total. The lowest BCUT2D eigenvalue weighted by Gasteiger charge is -2.10. The number of hydrogen-bond acceptors (Lipinski definition) is 2. The normalized spacial score (nSPS) is 11.0. The number of hydrogen-bond donors (Lipinski definition) is 0. The van der Waals surface area contributed by atoms with Gasteiger partial charge in [0.15, 0.2) is 0 Å². The molecule has 4 aromatic rings. The lowest BCUT2D eigenvalue weighted by atomic mass is 10.00. The lowest BCUT2D eigenvalue weighted by molar-refractivity contribution is 1.41. The highest BCUT2D eigenvalue weighted by Gasteiger charge is 2.11. The first-order valence-electron chi connectivity index (χ1n) is 7.43. The predicted molar refractivity (Wildman–Crippen MR) is 103 cm³/mol. The SMILES string of the molecule is Cc1ccc(-c2cc(-c3ccccc3)c3cc(Br)ccc3n2)s1. The zero-order valence-electron chi connectivity index (χ0n) is 12.6. The zero-order valence-corrected chi connectivity index (χ0v) is 15.0. The van der Waals surface area contributed by atoms with Crippen LogP contribution in [0.3, 0.4) is 0 Å². The largest absolute Gasteiger partial charge is 0.247 e. The van der Waals surface area contributed by atoms with E-state index >= 15 is 0 Å². The van der Waals surface area contributed by atoms with Gasteiger partial charge >= 0.3 is 0 Å². The van der Waals surface area contributed by atoms with Gasteiger partial charge in [-0.3, -0.25) is 0 Å². The molecule has 0 aliphatic heterocycles. The maximum Gasteiger partial charge on any atom is 0.0815 e. The summed E-state index contributed by atoms with van der Waals surface area (Å²) in [7, 11) is 0. The lowest BCUT2D eigenvalue weighted by Crippen LogP contribution is -1.88. The molecule has 0 amide bonds. The van der Waals surface area contributed by atoms with Crippen molar-refractivity contribution in [1.82, 2.24) is 4.98 Å². The van der Waals surface area contributed by atoms with Crippen molar-refractivity contribution in [3.63, 3.8) is 0 Å². The second kappa shape index (κ2) is 5.91. The Labute approximate surface area is 147 Å². The maximum absolute atomic E-state index is 4.88. The molecule has 0 saturated carbocycles. The summed E-state index contributed by atoms with van der Waals surface area (Å²) in [5.74, 6) is 0. The summed E-state index contributed by atoms with van der Waals surface area (Å²) in [6.45, 7) is 2.13. The summed E-state index contributed by atoms with van der Waals surface area (Å²) in [5, 5.41) is 1.17. The van der Waals surface area contributed by atoms with Crippen molar-refractivity contribution in [2.75, 3.05) is 0 Å². The third-order valence-corrected chi connectivity index (χ3v) is 5.36. The second-order valence-corrected chi connectivity index (χ2v) is 7.70. The molecule has 0 saturated heterocycles. The van der Waals surface area contributed by atoms with E-state index in [1.165, 1.54) is 26.3 Å². The Morgan fingerprint density at radius 1 is 0.913 bits per heavy atom. The molecule has 2 heterocycles. The summed E-state index contributed by atoms with van der Waals surface area (Å²) in [4.78, 5) is 7.39. The van der Waals surface area contributed by atoms with E-state index in [1.54, 1.807) is 11.3 Å². The molecule has 2 aromatic carbocycles. The van der Waals surface area contributed by atoms with Crippen LogP contribution in [0.1, 0.15) is 4.88 Å². The van der Waals surface area contributed by atoms with Crippen LogP contribution in [0.25, 0.3) is 32.6 Å². The number of rotatable bonds is 2. The predicted octanol–water partition coefficient (Wildman–Crippen LogP) is 6.70. The average molecular weight is 380 g/mol. The Morgan fingerprint density at radius 2 is 1.74 bits per heavy atom. The highest BCUT2D eigenvalue weighted by Crippen LogP contribution is 2.35. The van der Waals surface area contributed by atoms with E-state index in [9.17, 15) is 0 Å². The highest BCUT2D eigenvalue weighted by atomic mass is 79.9. The monoisotopic (exact) mass is 379 g/mol. The van der Waals surface area contributed by atoms with Crippen LogP contribution in [-0.4, -0.2) is 4.98 Å². The summed E-state index contributed by atoms with van der Waals surface area (Å²) in [5.41, 5.74) is 4.50. The topological polar surface area (TPSA) is 12.9 Å². The fourth-order valence-corrected chi connectivity index (χ4v) is 3.94. The van der Waals surface area contributed by atoms with Gasteiger partial charge in [0.05, 0.1) is 16.1 Å². The number of pyridine rings is 1. The molecule has 2 aromatic heterocycles. The molecule has 0 atom stereocenters. The molecule has 0 unspecified atom stereocenters. The van der Waals surface area contributed by atoms with Gasteiger partial charge in [-0.1, -0.05) is 46.3 Å². The minimum absolute atomic E-state index is 1.02. The Kier molecular flexibility index (Phi) is 3.76. The van der Waals surface area contributed by atoms with Crippen LogP contribution in [0.2, 0.25) is 0 Å². The zero-order chi connectivity index (χ0) is 15.8. The number of fused-ring (bicyclic) bond motifs is 1. The Balaban J connectivity index is 2.03. The van der Waals surface area contributed by atoms with Gasteiger partial charge in [0.2, 0.25) is 0 Å². The van der Waals surface area contributed by atoms with Crippen LogP contribution < -0.4 is 0 Å². The first-order chi connectivity index (χ1) is 11.2. The van der Waals surface area contributed by atoms with Gasteiger partial charge in [-0.2, -0.15) is 0 Å². The minimum atomic E-state index is 1.02. The molecule has 23 heavy (non-hydrogen) atoms. The Hall–Kier alpha value is -1.97. The van der Waals surface area contributed by atoms with Gasteiger partial charge < -0.3 is 0 Å². The Bertz CT molecular complexity index is 989. The molecule has 0 fully saturated rings. The molecule has 0 aliphatic rings. The molecule has 1 nitrogen and oxygen atoms in total. The van der Waals surface area contributed by atoms with E-state index in [0.29, 0.717) is 0 Å². The fourth-order valence-electron chi connectivity index (χ4n) is 2.75. The maximum atomic E-state index is 4.88. The van der Waals surface area contributed by atoms with E-state index in [4.69, 9.17) is 4.98 Å². The van der Waals surface area contributed by atoms with Crippen molar-refractivity contribution in [2.24, 2.45) is 0 Å². The molecule has 4 rings (SSSR count). The van der Waals surface area contributed by atoms with Crippen molar-refractivity contribution < 1.29 is 0 Å². The molecule has 0 spiro atoms. The second-order valence-electron chi connectivity index (χ2n) is 5.49. The molecule has 112 valence electrons. The van der Waals surface area contributed by atoms with Gasteiger partial charge in [-0.15, -0.1) is 11.3 Å². The van der Waals surface area contributed by atoms with Crippen LogP contribution in [0, 0.1) is 6.92 Å². The summed E-state index contributed by atoms with van der Waals surface area (Å²) < 4.78 is 1.07. The number of thiophene rings is 1. The van der Waals surface area contributed by atoms with Crippen LogP contribution in [0.5, 0.6) is 0 Å². The van der Waals surface area contributed by atoms with Crippen LogP contribution in [0.4, 0.5) is 0 Å². The van der Waals surface area contributed by atoms with Gasteiger partial charge in [0.1, 0.15) is 0 Å². The minimum Gasteiger partial charge on any atom is -0.247 e. The van der Waals surface area contributed by atoms with Crippen molar-refractivity contribution in [1.29, 1.82) is 0 Å². The third-order valence-electron chi connectivity index (χ3n) is 3.85. The average Bonchev–Trinajstić information content (AvgIpc) is 3.01. The van der Waals surface area contributed by atoms with Gasteiger partial charge in [0, 0.05) is 14.7 Å². The van der Waals surface area contributed by atoms with Gasteiger partial charge in [-0.05, 0) is 54.4 Å². The van der Waals surface area contributed by atoms with E-state index in [2.05, 4.69) is 77.5 Å². The molecule has 3 heteroatoms. The quantitative estimate of drug-likeness (QED) is 0.377. The van der Waals surface area contributed by atoms with Crippen molar-refractivity contribution in [3.8, 4) is 21.7 Å². The smallest absolute Gasteiger partial charge is 0.0815 e. The fraction of sp³-hybridized carbons (Fsp3) is 0.0500. The van der Waals surface area contributed by atoms with Crippen LogP contribution in [0.15, 0.2) is 71.2 Å². The first kappa shape index (κ1) is 14.6. The Morgan fingerprint density at radius 3 is 2.48 bits per heavy atom. The molecule has 0 bridgehead atoms. The van der Waals surface area contributed by atoms with Crippen molar-refractivity contribution >= 4 is 38.2 Å². The molecule has 0 aliphatic carbocycles. The molecular formula is C20H14BrNS. The first-order valence-corrected chi connectivity index (χ1v) is 9.04. The van der Waals surface area contributed by atoms with E-state index < -0.39 is 0 Å². The third kappa shape index (κ3) is 2.82. The van der Waals surface area contributed by atoms with Crippen LogP contribution in [-0.2, 0) is 0 Å². The summed E-state index contributed by atoms with van der Waals surface area (Å²) in [6.07, 6.45) is 0. The molecular weight excluding hydrogens is 366 g/mol. The number of aryl methyl sites for hydroxylation is 1. The van der Waals surface area contributed by atoms with Gasteiger partial charge in [-0.25, -0.2) is 4.98 Å². The van der Waals surface area contributed by atoms with Gasteiger partial charge in [0.25, 0.3) is 0 Å². The van der Waals surface area contributed by atoms with Crippen molar-refractivity contribution in [2.45, 2.75) is 6.92 Å². The molecule has 0 radical (unpaired) electrons. The standard InChI is InChI=1S/C20H14BrNS/c1-13-7-10-20(23-13)19-12-16(14-5-3-2-4-6-14)17-11-15(21)8-9-18(17)22-19/h2-12H,1H3. The summed E-state index contributed by atoms with van der Waals surface area (Å²) >= 11 is 5.36. The van der Waals surface area contributed by atoms with E-state index in [-0.39, 0.29) is 0 Å². The number of nitrogens with zero attached hydrogens (tertiary/aromatic N) is 1. The number of aromatic nitrogens is 1. The summed E-state index contributed by atoms with van der Waals surface area (Å²) in [6, 6.07) is 23.3. The number of benzene rings is 2. The number of halogens is 1. The van der Waals surface area contributed by atoms with Crippen molar-refractivity contribution in [3.05, 3.63) is 76.1 Å². The highest BCUT2D eigenvalue weighted by molar-refractivity contribution is 9.10.